The van der Waals surface area contributed by atoms with Gasteiger partial charge in [-0.1, -0.05) is 37.1 Å². The first-order chi connectivity index (χ1) is 9.79. The third-order valence-corrected chi connectivity index (χ3v) is 4.44. The number of carbonyl (C=O) groups excluding carboxylic acids is 1. The van der Waals surface area contributed by atoms with Crippen molar-refractivity contribution >= 4 is 11.6 Å². The van der Waals surface area contributed by atoms with Crippen molar-refractivity contribution in [1.82, 2.24) is 4.90 Å². The summed E-state index contributed by atoms with van der Waals surface area (Å²) in [6.07, 6.45) is 7.40. The summed E-state index contributed by atoms with van der Waals surface area (Å²) in [6, 6.07) is 8.50. The molecule has 1 atom stereocenters. The highest BCUT2D eigenvalue weighted by atomic mass is 16.2. The Morgan fingerprint density at radius 1 is 1.35 bits per heavy atom. The van der Waals surface area contributed by atoms with Crippen LogP contribution in [0.5, 0.6) is 0 Å². The molecule has 0 spiro atoms. The molecule has 1 heterocycles. The van der Waals surface area contributed by atoms with E-state index in [0.29, 0.717) is 12.6 Å². The molecule has 1 aromatic carbocycles. The van der Waals surface area contributed by atoms with Crippen LogP contribution in [-0.2, 0) is 11.2 Å². The smallest absolute Gasteiger partial charge is 0.245 e. The number of nitrogens with one attached hydrogen (secondary N) is 1. The monoisotopic (exact) mass is 270 g/mol. The number of para-hydroxylation sites is 1. The molecule has 2 aliphatic rings. The Labute approximate surface area is 120 Å². The van der Waals surface area contributed by atoms with E-state index < -0.39 is 0 Å². The van der Waals surface area contributed by atoms with E-state index in [0.717, 1.165) is 24.9 Å². The van der Waals surface area contributed by atoms with E-state index in [1.54, 1.807) is 0 Å². The lowest BCUT2D eigenvalue weighted by molar-refractivity contribution is -0.133. The maximum absolute atomic E-state index is 12.8. The number of hydrogen-bond donors (Lipinski definition) is 1. The molecule has 3 rings (SSSR count). The van der Waals surface area contributed by atoms with Crippen molar-refractivity contribution in [1.29, 1.82) is 0 Å². The number of hydrogen-bond acceptors (Lipinski definition) is 2. The van der Waals surface area contributed by atoms with E-state index in [4.69, 9.17) is 0 Å². The van der Waals surface area contributed by atoms with Gasteiger partial charge in [-0.3, -0.25) is 4.79 Å². The van der Waals surface area contributed by atoms with Crippen LogP contribution >= 0.6 is 0 Å². The predicted octanol–water partition coefficient (Wildman–Crippen LogP) is 2.98. The lowest BCUT2D eigenvalue weighted by atomic mass is 10.1. The van der Waals surface area contributed by atoms with Crippen LogP contribution in [0.1, 0.15) is 31.2 Å². The van der Waals surface area contributed by atoms with Gasteiger partial charge >= 0.3 is 0 Å². The molecule has 106 valence electrons. The molecule has 0 bridgehead atoms. The lowest BCUT2D eigenvalue weighted by Gasteiger charge is -2.30. The summed E-state index contributed by atoms with van der Waals surface area (Å²) in [5, 5.41) is 3.37. The fourth-order valence-corrected chi connectivity index (χ4v) is 3.42. The van der Waals surface area contributed by atoms with E-state index in [1.165, 1.54) is 18.4 Å². The topological polar surface area (TPSA) is 32.3 Å². The molecule has 1 aromatic rings. The Hall–Kier alpha value is -1.77. The summed E-state index contributed by atoms with van der Waals surface area (Å²) in [5.74, 6) is 0.230. The average molecular weight is 270 g/mol. The van der Waals surface area contributed by atoms with Crippen molar-refractivity contribution in [2.24, 2.45) is 0 Å². The summed E-state index contributed by atoms with van der Waals surface area (Å²) in [5.41, 5.74) is 2.35. The number of nitrogens with zero attached hydrogens (tertiary/aromatic N) is 1. The van der Waals surface area contributed by atoms with E-state index in [9.17, 15) is 4.79 Å². The van der Waals surface area contributed by atoms with Crippen LogP contribution in [0, 0.1) is 0 Å². The van der Waals surface area contributed by atoms with Gasteiger partial charge in [0.05, 0.1) is 0 Å². The summed E-state index contributed by atoms with van der Waals surface area (Å²) in [4.78, 5) is 14.8. The Bertz CT molecular complexity index is 480. The summed E-state index contributed by atoms with van der Waals surface area (Å²) in [7, 11) is 0. The normalized spacial score (nSPS) is 21.3. The molecule has 3 nitrogen and oxygen atoms in total. The zero-order valence-electron chi connectivity index (χ0n) is 11.8. The molecule has 1 saturated carbocycles. The highest BCUT2D eigenvalue weighted by Gasteiger charge is 2.33. The van der Waals surface area contributed by atoms with Gasteiger partial charge in [-0.15, -0.1) is 6.58 Å². The van der Waals surface area contributed by atoms with Crippen LogP contribution in [-0.4, -0.2) is 29.4 Å². The second-order valence-corrected chi connectivity index (χ2v) is 5.78. The fourth-order valence-electron chi connectivity index (χ4n) is 3.42. The first kappa shape index (κ1) is 13.2. The second kappa shape index (κ2) is 5.70. The van der Waals surface area contributed by atoms with E-state index in [2.05, 4.69) is 24.0 Å². The molecule has 0 aromatic heterocycles. The summed E-state index contributed by atoms with van der Waals surface area (Å²) < 4.78 is 0. The van der Waals surface area contributed by atoms with Crippen LogP contribution in [0.4, 0.5) is 5.69 Å². The van der Waals surface area contributed by atoms with Gasteiger partial charge in [-0.2, -0.15) is 0 Å². The highest BCUT2D eigenvalue weighted by molar-refractivity contribution is 5.87. The van der Waals surface area contributed by atoms with Crippen molar-refractivity contribution in [3.05, 3.63) is 42.5 Å². The highest BCUT2D eigenvalue weighted by Crippen LogP contribution is 2.29. The molecule has 0 unspecified atom stereocenters. The van der Waals surface area contributed by atoms with Crippen LogP contribution in [0.2, 0.25) is 0 Å². The molecule has 0 saturated heterocycles. The van der Waals surface area contributed by atoms with E-state index in [1.807, 2.05) is 23.1 Å². The number of rotatable bonds is 4. The van der Waals surface area contributed by atoms with Crippen LogP contribution < -0.4 is 5.32 Å². The number of benzene rings is 1. The van der Waals surface area contributed by atoms with Gasteiger partial charge < -0.3 is 10.2 Å². The quantitative estimate of drug-likeness (QED) is 0.853. The Morgan fingerprint density at radius 3 is 2.80 bits per heavy atom. The predicted molar refractivity (Wildman–Crippen MR) is 81.7 cm³/mol. The zero-order chi connectivity index (χ0) is 13.9. The Morgan fingerprint density at radius 2 is 2.10 bits per heavy atom. The lowest BCUT2D eigenvalue weighted by Crippen LogP contribution is -2.46. The molecular weight excluding hydrogens is 248 g/mol. The number of carbonyl (C=O) groups is 1. The molecule has 3 heteroatoms. The number of fused-ring (bicyclic) bond motifs is 1. The van der Waals surface area contributed by atoms with E-state index in [-0.39, 0.29) is 11.9 Å². The van der Waals surface area contributed by atoms with E-state index >= 15 is 0 Å². The average Bonchev–Trinajstić information content (AvgIpc) is 3.12. The molecule has 1 amide bonds. The van der Waals surface area contributed by atoms with Gasteiger partial charge in [0.2, 0.25) is 5.91 Å². The third kappa shape index (κ3) is 2.45. The van der Waals surface area contributed by atoms with Gasteiger partial charge in [-0.25, -0.2) is 0 Å². The summed E-state index contributed by atoms with van der Waals surface area (Å²) >= 11 is 0. The van der Waals surface area contributed by atoms with Crippen molar-refractivity contribution in [3.63, 3.8) is 0 Å². The second-order valence-electron chi connectivity index (χ2n) is 5.78. The molecule has 1 aliphatic heterocycles. The van der Waals surface area contributed by atoms with Crippen molar-refractivity contribution in [2.75, 3.05) is 11.9 Å². The van der Waals surface area contributed by atoms with Gasteiger partial charge in [0.15, 0.2) is 0 Å². The van der Waals surface area contributed by atoms with Crippen molar-refractivity contribution in [2.45, 2.75) is 44.2 Å². The largest absolute Gasteiger partial charge is 0.373 e. The molecule has 0 radical (unpaired) electrons. The maximum atomic E-state index is 12.8. The molecule has 1 fully saturated rings. The first-order valence-electron chi connectivity index (χ1n) is 7.55. The SMILES string of the molecule is C=CCN(C(=O)[C@@H]1Cc2ccccc2N1)C1CCCC1. The molecular formula is C17H22N2O. The minimum absolute atomic E-state index is 0.104. The standard InChI is InChI=1S/C17H22N2O/c1-2-11-19(14-8-4-5-9-14)17(20)16-12-13-7-3-6-10-15(13)18-16/h2-3,6-7,10,14,16,18H,1,4-5,8-9,11-12H2/t16-/m0/s1. The molecule has 1 N–H and O–H groups in total. The van der Waals surface area contributed by atoms with Gasteiger partial charge in [0.1, 0.15) is 6.04 Å². The number of anilines is 1. The zero-order valence-corrected chi connectivity index (χ0v) is 11.8. The Kier molecular flexibility index (Phi) is 3.77. The first-order valence-corrected chi connectivity index (χ1v) is 7.55. The molecule has 20 heavy (non-hydrogen) atoms. The Balaban J connectivity index is 1.72. The molecule has 1 aliphatic carbocycles. The minimum Gasteiger partial charge on any atom is -0.373 e. The van der Waals surface area contributed by atoms with Gasteiger partial charge in [0, 0.05) is 24.7 Å². The third-order valence-electron chi connectivity index (χ3n) is 4.44. The summed E-state index contributed by atoms with van der Waals surface area (Å²) in [6.45, 7) is 4.47. The van der Waals surface area contributed by atoms with Crippen LogP contribution in [0.15, 0.2) is 36.9 Å². The van der Waals surface area contributed by atoms with Crippen LogP contribution in [0.3, 0.4) is 0 Å². The number of amides is 1. The van der Waals surface area contributed by atoms with Crippen LogP contribution in [0.25, 0.3) is 0 Å². The van der Waals surface area contributed by atoms with Crippen molar-refractivity contribution < 1.29 is 4.79 Å². The van der Waals surface area contributed by atoms with Crippen molar-refractivity contribution in [3.8, 4) is 0 Å². The van der Waals surface area contributed by atoms with Gasteiger partial charge in [0.25, 0.3) is 0 Å². The van der Waals surface area contributed by atoms with Gasteiger partial charge in [-0.05, 0) is 24.5 Å². The maximum Gasteiger partial charge on any atom is 0.245 e. The fraction of sp³-hybridized carbons (Fsp3) is 0.471. The minimum atomic E-state index is -0.104.